The summed E-state index contributed by atoms with van der Waals surface area (Å²) in [6.45, 7) is 1.58. The van der Waals surface area contributed by atoms with E-state index < -0.39 is 12.4 Å². The molecule has 1 aromatic rings. The molecular weight excluding hydrogens is 272 g/mol. The fraction of sp³-hybridized carbons (Fsp3) is 0.333. The molecule has 3 nitrogen and oxygen atoms in total. The SMILES string of the molecule is Cc1cc(C(F)F)nc(Br)c1CC(=O)O. The van der Waals surface area contributed by atoms with Crippen LogP contribution >= 0.6 is 15.9 Å². The van der Waals surface area contributed by atoms with E-state index >= 15 is 0 Å². The van der Waals surface area contributed by atoms with E-state index in [1.54, 1.807) is 6.92 Å². The monoisotopic (exact) mass is 279 g/mol. The standard InChI is InChI=1S/C9H8BrF2NO2/c1-4-2-6(9(11)12)13-8(10)5(4)3-7(14)15/h2,9H,3H2,1H3,(H,14,15). The molecule has 6 heteroatoms. The van der Waals surface area contributed by atoms with Crippen molar-refractivity contribution in [1.29, 1.82) is 0 Å². The third kappa shape index (κ3) is 2.95. The molecule has 0 aliphatic rings. The zero-order valence-corrected chi connectivity index (χ0v) is 9.38. The fourth-order valence-electron chi connectivity index (χ4n) is 1.16. The molecule has 15 heavy (non-hydrogen) atoms. The molecule has 0 bridgehead atoms. The van der Waals surface area contributed by atoms with Crippen molar-refractivity contribution >= 4 is 21.9 Å². The largest absolute Gasteiger partial charge is 0.481 e. The maximum absolute atomic E-state index is 12.3. The van der Waals surface area contributed by atoms with E-state index in [9.17, 15) is 13.6 Å². The van der Waals surface area contributed by atoms with Crippen LogP contribution in [0.25, 0.3) is 0 Å². The Labute approximate surface area is 93.3 Å². The number of aliphatic carboxylic acids is 1. The van der Waals surface area contributed by atoms with Gasteiger partial charge in [0.05, 0.1) is 6.42 Å². The van der Waals surface area contributed by atoms with Gasteiger partial charge in [0.25, 0.3) is 6.43 Å². The molecule has 0 saturated heterocycles. The maximum Gasteiger partial charge on any atom is 0.307 e. The molecule has 1 heterocycles. The van der Waals surface area contributed by atoms with Gasteiger partial charge in [-0.2, -0.15) is 0 Å². The first-order chi connectivity index (χ1) is 6.91. The average molecular weight is 280 g/mol. The second kappa shape index (κ2) is 4.65. The van der Waals surface area contributed by atoms with Crippen molar-refractivity contribution < 1.29 is 18.7 Å². The zero-order valence-electron chi connectivity index (χ0n) is 7.80. The van der Waals surface area contributed by atoms with Gasteiger partial charge in [-0.15, -0.1) is 0 Å². The second-order valence-corrected chi connectivity index (χ2v) is 3.76. The number of rotatable bonds is 3. The van der Waals surface area contributed by atoms with Gasteiger partial charge in [-0.1, -0.05) is 0 Å². The highest BCUT2D eigenvalue weighted by Crippen LogP contribution is 2.25. The Kier molecular flexibility index (Phi) is 3.73. The summed E-state index contributed by atoms with van der Waals surface area (Å²) < 4.78 is 24.8. The van der Waals surface area contributed by atoms with Crippen LogP contribution < -0.4 is 0 Å². The molecule has 1 N–H and O–H groups in total. The van der Waals surface area contributed by atoms with Crippen molar-refractivity contribution in [3.05, 3.63) is 27.5 Å². The van der Waals surface area contributed by atoms with Crippen LogP contribution in [-0.2, 0) is 11.2 Å². The van der Waals surface area contributed by atoms with Gasteiger partial charge in [-0.3, -0.25) is 4.79 Å². The van der Waals surface area contributed by atoms with Crippen LogP contribution in [0.1, 0.15) is 23.2 Å². The summed E-state index contributed by atoms with van der Waals surface area (Å²) in [6, 6.07) is 1.20. The van der Waals surface area contributed by atoms with E-state index in [0.717, 1.165) is 0 Å². The highest BCUT2D eigenvalue weighted by Gasteiger charge is 2.15. The quantitative estimate of drug-likeness (QED) is 0.866. The minimum absolute atomic E-state index is 0.167. The average Bonchev–Trinajstić information content (AvgIpc) is 2.10. The molecule has 0 radical (unpaired) electrons. The van der Waals surface area contributed by atoms with Crippen molar-refractivity contribution in [3.63, 3.8) is 0 Å². The molecular formula is C9H8BrF2NO2. The zero-order chi connectivity index (χ0) is 11.6. The maximum atomic E-state index is 12.3. The van der Waals surface area contributed by atoms with Crippen LogP contribution in [0.2, 0.25) is 0 Å². The van der Waals surface area contributed by atoms with Gasteiger partial charge in [0.1, 0.15) is 10.3 Å². The van der Waals surface area contributed by atoms with E-state index in [1.165, 1.54) is 6.07 Å². The molecule has 0 aromatic carbocycles. The Morgan fingerprint density at radius 1 is 1.67 bits per heavy atom. The Balaban J connectivity index is 3.15. The van der Waals surface area contributed by atoms with Crippen LogP contribution in [0, 0.1) is 6.92 Å². The molecule has 0 aliphatic heterocycles. The first-order valence-electron chi connectivity index (χ1n) is 4.07. The summed E-state index contributed by atoms with van der Waals surface area (Å²) in [7, 11) is 0. The van der Waals surface area contributed by atoms with Gasteiger partial charge in [-0.25, -0.2) is 13.8 Å². The number of aryl methyl sites for hydroxylation is 1. The topological polar surface area (TPSA) is 50.2 Å². The van der Waals surface area contributed by atoms with Crippen LogP contribution in [0.4, 0.5) is 8.78 Å². The lowest BCUT2D eigenvalue weighted by Crippen LogP contribution is -2.05. The summed E-state index contributed by atoms with van der Waals surface area (Å²) in [5.74, 6) is -1.02. The van der Waals surface area contributed by atoms with E-state index in [0.29, 0.717) is 11.1 Å². The number of carbonyl (C=O) groups is 1. The van der Waals surface area contributed by atoms with E-state index in [2.05, 4.69) is 20.9 Å². The van der Waals surface area contributed by atoms with Crippen molar-refractivity contribution in [3.8, 4) is 0 Å². The van der Waals surface area contributed by atoms with Crippen molar-refractivity contribution in [2.75, 3.05) is 0 Å². The minimum Gasteiger partial charge on any atom is -0.481 e. The number of alkyl halides is 2. The van der Waals surface area contributed by atoms with E-state index in [1.807, 2.05) is 0 Å². The summed E-state index contributed by atoms with van der Waals surface area (Å²) in [6.07, 6.45) is -2.89. The van der Waals surface area contributed by atoms with Gasteiger partial charge >= 0.3 is 5.97 Å². The van der Waals surface area contributed by atoms with Crippen LogP contribution in [-0.4, -0.2) is 16.1 Å². The number of halogens is 3. The Morgan fingerprint density at radius 3 is 2.67 bits per heavy atom. The fourth-order valence-corrected chi connectivity index (χ4v) is 1.82. The molecule has 0 unspecified atom stereocenters. The van der Waals surface area contributed by atoms with Gasteiger partial charge in [0.2, 0.25) is 0 Å². The number of aromatic nitrogens is 1. The van der Waals surface area contributed by atoms with Crippen molar-refractivity contribution in [2.24, 2.45) is 0 Å². The molecule has 0 spiro atoms. The van der Waals surface area contributed by atoms with Gasteiger partial charge in [-0.05, 0) is 40.0 Å². The Hall–Kier alpha value is -1.04. The molecule has 1 rings (SSSR count). The predicted octanol–water partition coefficient (Wildman–Crippen LogP) is 2.72. The second-order valence-electron chi connectivity index (χ2n) is 3.00. The predicted molar refractivity (Wildman–Crippen MR) is 53.0 cm³/mol. The Bertz CT molecular complexity index is 373. The normalized spacial score (nSPS) is 10.7. The van der Waals surface area contributed by atoms with E-state index in [4.69, 9.17) is 5.11 Å². The molecule has 0 atom stereocenters. The molecule has 1 aromatic heterocycles. The molecule has 82 valence electrons. The third-order valence-corrected chi connectivity index (χ3v) is 2.52. The smallest absolute Gasteiger partial charge is 0.307 e. The van der Waals surface area contributed by atoms with Gasteiger partial charge < -0.3 is 5.11 Å². The number of hydrogen-bond acceptors (Lipinski definition) is 2. The van der Waals surface area contributed by atoms with Crippen LogP contribution in [0.3, 0.4) is 0 Å². The lowest BCUT2D eigenvalue weighted by molar-refractivity contribution is -0.136. The molecule has 0 amide bonds. The third-order valence-electron chi connectivity index (χ3n) is 1.87. The summed E-state index contributed by atoms with van der Waals surface area (Å²) >= 11 is 2.99. The van der Waals surface area contributed by atoms with Gasteiger partial charge in [0, 0.05) is 0 Å². The van der Waals surface area contributed by atoms with Crippen molar-refractivity contribution in [2.45, 2.75) is 19.8 Å². The molecule has 0 fully saturated rings. The van der Waals surface area contributed by atoms with Crippen molar-refractivity contribution in [1.82, 2.24) is 4.98 Å². The summed E-state index contributed by atoms with van der Waals surface area (Å²) in [5.41, 5.74) is 0.565. The molecule has 0 aliphatic carbocycles. The first-order valence-corrected chi connectivity index (χ1v) is 4.87. The summed E-state index contributed by atoms with van der Waals surface area (Å²) in [4.78, 5) is 14.1. The van der Waals surface area contributed by atoms with Crippen LogP contribution in [0.15, 0.2) is 10.7 Å². The first kappa shape index (κ1) is 12.0. The number of carboxylic acid groups (broad SMARTS) is 1. The van der Waals surface area contributed by atoms with Gasteiger partial charge in [0.15, 0.2) is 0 Å². The number of hydrogen-bond donors (Lipinski definition) is 1. The number of nitrogens with zero attached hydrogens (tertiary/aromatic N) is 1. The highest BCUT2D eigenvalue weighted by atomic mass is 79.9. The highest BCUT2D eigenvalue weighted by molar-refractivity contribution is 9.10. The number of pyridine rings is 1. The lowest BCUT2D eigenvalue weighted by Gasteiger charge is -2.08. The minimum atomic E-state index is -2.65. The van der Waals surface area contributed by atoms with Crippen LogP contribution in [0.5, 0.6) is 0 Å². The lowest BCUT2D eigenvalue weighted by atomic mass is 10.1. The Morgan fingerprint density at radius 2 is 2.27 bits per heavy atom. The summed E-state index contributed by atoms with van der Waals surface area (Å²) in [5, 5.41) is 8.60. The number of carboxylic acids is 1. The van der Waals surface area contributed by atoms with E-state index in [-0.39, 0.29) is 16.7 Å². The molecule has 0 saturated carbocycles.